The zero-order chi connectivity index (χ0) is 87.4. The summed E-state index contributed by atoms with van der Waals surface area (Å²) < 4.78 is 98.6. The first-order valence-corrected chi connectivity index (χ1v) is 43.6. The van der Waals surface area contributed by atoms with Crippen LogP contribution in [-0.2, 0) is 16.0 Å². The van der Waals surface area contributed by atoms with Crippen molar-refractivity contribution in [1.29, 1.82) is 0 Å². The molecule has 11 rings (SSSR count). The molecule has 2 aromatic heterocycles. The zero-order valence-corrected chi connectivity index (χ0v) is 77.7. The Hall–Kier alpha value is -6.71. The second kappa shape index (κ2) is 52.3. The van der Waals surface area contributed by atoms with Gasteiger partial charge in [-0.1, -0.05) is 343 Å². The number of nitrogens with zero attached hydrogens (tertiary/aromatic N) is 2. The summed E-state index contributed by atoms with van der Waals surface area (Å²) in [6.45, 7) is 45.6. The lowest BCUT2D eigenvalue weighted by Crippen LogP contribution is -2.05. The molecule has 2 heterocycles. The molecule has 18 heteroatoms. The van der Waals surface area contributed by atoms with Crippen LogP contribution in [0.25, 0.3) is 10.8 Å². The summed E-state index contributed by atoms with van der Waals surface area (Å²) in [7, 11) is -3.08. The van der Waals surface area contributed by atoms with Crippen LogP contribution in [0.4, 0.5) is 26.3 Å². The molecule has 0 aliphatic rings. The van der Waals surface area contributed by atoms with Crippen molar-refractivity contribution in [3.05, 3.63) is 344 Å². The third kappa shape index (κ3) is 38.3. The molecule has 0 fully saturated rings. The second-order valence-electron chi connectivity index (χ2n) is 30.8. The van der Waals surface area contributed by atoms with E-state index in [0.29, 0.717) is 72.5 Å². The van der Waals surface area contributed by atoms with Crippen molar-refractivity contribution in [1.82, 2.24) is 9.97 Å². The average Bonchev–Trinajstić information content (AvgIpc) is 0.827. The number of fused-ring (bicyclic) bond motifs is 1. The molecule has 0 unspecified atom stereocenters. The molecule has 0 aliphatic carbocycles. The summed E-state index contributed by atoms with van der Waals surface area (Å²) in [5.74, 6) is 3.11. The van der Waals surface area contributed by atoms with E-state index in [9.17, 15) is 34.8 Å². The zero-order valence-electron chi connectivity index (χ0n) is 70.7. The molecule has 0 aliphatic heterocycles. The monoisotopic (exact) mass is 1780 g/mol. The third-order valence-corrected chi connectivity index (χ3v) is 21.4. The maximum absolute atomic E-state index is 13.0. The number of aromatic nitrogens is 2. The van der Waals surface area contributed by atoms with Crippen molar-refractivity contribution in [3.63, 3.8) is 0 Å². The molecule has 0 saturated carbocycles. The summed E-state index contributed by atoms with van der Waals surface area (Å²) in [5, 5.41) is 6.87. The van der Waals surface area contributed by atoms with E-state index < -0.39 is 33.2 Å². The summed E-state index contributed by atoms with van der Waals surface area (Å²) in [5.41, 5.74) is 11.0. The van der Waals surface area contributed by atoms with Gasteiger partial charge in [0.2, 0.25) is 0 Å². The van der Waals surface area contributed by atoms with Gasteiger partial charge >= 0.3 is 6.18 Å². The number of hydrogen-bond acceptors (Lipinski definition) is 4. The van der Waals surface area contributed by atoms with E-state index in [2.05, 4.69) is 190 Å². The summed E-state index contributed by atoms with van der Waals surface area (Å²) in [4.78, 5) is 8.83. The van der Waals surface area contributed by atoms with Crippen LogP contribution < -0.4 is 0 Å². The highest BCUT2D eigenvalue weighted by Crippen LogP contribution is 2.34. The number of sulfone groups is 1. The Labute approximate surface area is 723 Å². The molecule has 0 saturated heterocycles. The van der Waals surface area contributed by atoms with Crippen molar-refractivity contribution >= 4 is 106 Å². The van der Waals surface area contributed by atoms with Crippen LogP contribution in [0, 0.1) is 17.5 Å². The Morgan fingerprint density at radius 1 is 0.348 bits per heavy atom. The lowest BCUT2D eigenvalue weighted by molar-refractivity contribution is -0.137. The van der Waals surface area contributed by atoms with Crippen LogP contribution in [-0.4, -0.2) is 24.6 Å². The Kier molecular flexibility index (Phi) is 47.4. The first-order valence-electron chi connectivity index (χ1n) is 38.7. The molecule has 0 atom stereocenters. The molecule has 11 aromatic rings. The van der Waals surface area contributed by atoms with Gasteiger partial charge in [0.05, 0.1) is 36.9 Å². The van der Waals surface area contributed by atoms with Crippen LogP contribution >= 0.6 is 85.5 Å². The first kappa shape index (κ1) is 104. The minimum Gasteiger partial charge on any atom is -0.260 e. The summed E-state index contributed by atoms with van der Waals surface area (Å²) in [6.07, 6.45) is 0.598. The van der Waals surface area contributed by atoms with Gasteiger partial charge < -0.3 is 0 Å². The number of rotatable bonds is 12. The molecule has 624 valence electrons. The molecule has 9 aromatic carbocycles. The van der Waals surface area contributed by atoms with E-state index >= 15 is 0 Å². The number of benzene rings is 9. The van der Waals surface area contributed by atoms with Crippen LogP contribution in [0.1, 0.15) is 284 Å². The lowest BCUT2D eigenvalue weighted by Gasteiger charge is -2.10. The highest BCUT2D eigenvalue weighted by atomic mass is 79.9. The fraction of sp³-hybridized carbons (Fsp3) is 0.361. The van der Waals surface area contributed by atoms with E-state index in [-0.39, 0.29) is 29.5 Å². The van der Waals surface area contributed by atoms with E-state index in [1.165, 1.54) is 64.1 Å². The standard InChI is InChI=1S/C13H14.C12H18.C10H11F3.C10H14O2S.2C9H10Cl2.C9H10ClF.C9H10F2.C8H10BrN.C8H10ClN/c1-10(2)12-9-5-7-11-6-3-4-8-13(11)12;1-9(2)11-6-5-7-12(8-11)10(3)4;1-7(2)8-4-3-5-9(6-8)10(11,12)13;1-8(2)9-6-4-5-7-10(9)13(3,11)12;1-6(2)8-5-7(10)3-4-9(8)11;1-6(2)7-4-3-5-8(10)9(7)11;1-6(2)9-7(10)4-3-5-8(9)11;1-6(2)7-3-8(10)5-9(11)4-7;2*1-6(2)8-7(9)4-3-5-10-8/h3-10H,1-2H3;5-10H,1-4H3;3-7H,1-2H3;4-8H,1-3H3;4*3-6H,1-2H3;2*3-6H,1-2H3. The predicted octanol–water partition coefficient (Wildman–Crippen LogP) is 34.7. The number of halogens is 13. The number of pyridine rings is 2. The van der Waals surface area contributed by atoms with Gasteiger partial charge in [-0.05, 0) is 221 Å². The third-order valence-electron chi connectivity index (χ3n) is 17.5. The van der Waals surface area contributed by atoms with Gasteiger partial charge in [-0.2, -0.15) is 13.2 Å². The minimum absolute atomic E-state index is 0.127. The Bertz CT molecular complexity index is 4690. The number of alkyl halides is 3. The SMILES string of the molecule is CC(C)c1c(F)cccc1Cl.CC(C)c1cc(Cl)ccc1Cl.CC(C)c1cc(F)cc(F)c1.CC(C)c1cccc(C(C)C)c1.CC(C)c1cccc(C(F)(F)F)c1.CC(C)c1cccc(Cl)c1Cl.CC(C)c1cccc2ccccc12.CC(C)c1ccccc1S(C)(=O)=O.CC(C)c1ncccc1Br.CC(C)c1ncccc1Cl. The lowest BCUT2D eigenvalue weighted by atomic mass is 9.96. The van der Waals surface area contributed by atoms with Crippen LogP contribution in [0.3, 0.4) is 0 Å². The van der Waals surface area contributed by atoms with E-state index in [0.717, 1.165) is 65.3 Å². The highest BCUT2D eigenvalue weighted by molar-refractivity contribution is 9.10. The highest BCUT2D eigenvalue weighted by Gasteiger charge is 2.30. The minimum atomic E-state index is -4.23. The van der Waals surface area contributed by atoms with Gasteiger partial charge in [-0.3, -0.25) is 9.97 Å². The van der Waals surface area contributed by atoms with Gasteiger partial charge in [0.1, 0.15) is 17.5 Å². The van der Waals surface area contributed by atoms with Crippen molar-refractivity contribution in [2.45, 2.75) is 228 Å². The van der Waals surface area contributed by atoms with Gasteiger partial charge in [0.25, 0.3) is 0 Å². The Balaban J connectivity index is 0.000000434. The fourth-order valence-electron chi connectivity index (χ4n) is 10.9. The maximum atomic E-state index is 13.0. The van der Waals surface area contributed by atoms with Gasteiger partial charge in [-0.25, -0.2) is 21.6 Å². The first-order chi connectivity index (χ1) is 53.6. The van der Waals surface area contributed by atoms with Gasteiger partial charge in [0.15, 0.2) is 9.84 Å². The van der Waals surface area contributed by atoms with Crippen molar-refractivity contribution in [2.24, 2.45) is 0 Å². The quantitative estimate of drug-likeness (QED) is 0.114. The van der Waals surface area contributed by atoms with E-state index in [1.54, 1.807) is 48.7 Å². The summed E-state index contributed by atoms with van der Waals surface area (Å²) in [6, 6.07) is 63.8. The summed E-state index contributed by atoms with van der Waals surface area (Å²) >= 11 is 38.6. The normalized spacial score (nSPS) is 11.0. The Morgan fingerprint density at radius 2 is 0.774 bits per heavy atom. The van der Waals surface area contributed by atoms with Crippen LogP contribution in [0.5, 0.6) is 0 Å². The van der Waals surface area contributed by atoms with Crippen molar-refractivity contribution in [2.75, 3.05) is 6.26 Å². The molecular weight excluding hydrogens is 1660 g/mol. The average molecular weight is 1780 g/mol. The molecule has 115 heavy (non-hydrogen) atoms. The molecule has 4 nitrogen and oxygen atoms in total. The smallest absolute Gasteiger partial charge is 0.260 e. The van der Waals surface area contributed by atoms with E-state index in [1.807, 2.05) is 122 Å². The van der Waals surface area contributed by atoms with Gasteiger partial charge in [-0.15, -0.1) is 0 Å². The van der Waals surface area contributed by atoms with Crippen molar-refractivity contribution < 1.29 is 34.8 Å². The fourth-order valence-corrected chi connectivity index (χ4v) is 14.5. The molecule has 0 spiro atoms. The Morgan fingerprint density at radius 3 is 1.20 bits per heavy atom. The topological polar surface area (TPSA) is 59.9 Å². The molecular formula is C97H117BrCl6F6N2O2S. The number of hydrogen-bond donors (Lipinski definition) is 0. The molecule has 0 amide bonds. The van der Waals surface area contributed by atoms with Gasteiger partial charge in [0, 0.05) is 49.8 Å². The predicted molar refractivity (Wildman–Crippen MR) is 488 cm³/mol. The van der Waals surface area contributed by atoms with E-state index in [4.69, 9.17) is 69.6 Å². The van der Waals surface area contributed by atoms with Crippen LogP contribution in [0.15, 0.2) is 234 Å². The molecule has 0 N–H and O–H groups in total. The van der Waals surface area contributed by atoms with Crippen molar-refractivity contribution in [3.8, 4) is 0 Å². The largest absolute Gasteiger partial charge is 0.416 e. The second-order valence-corrected chi connectivity index (χ2v) is 36.0. The van der Waals surface area contributed by atoms with Crippen LogP contribution in [0.2, 0.25) is 30.1 Å². The molecule has 0 bridgehead atoms. The molecule has 0 radical (unpaired) electrons. The maximum Gasteiger partial charge on any atom is 0.416 e.